The third kappa shape index (κ3) is 3.21. The van der Waals surface area contributed by atoms with Crippen molar-refractivity contribution in [1.82, 2.24) is 9.88 Å². The van der Waals surface area contributed by atoms with Gasteiger partial charge in [-0.15, -0.1) is 0 Å². The largest absolute Gasteiger partial charge is 0.376 e. The Hall–Kier alpha value is -1.66. The zero-order valence-corrected chi connectivity index (χ0v) is 11.1. The van der Waals surface area contributed by atoms with Gasteiger partial charge in [-0.05, 0) is 25.8 Å². The number of nitrogens with zero attached hydrogens (tertiary/aromatic N) is 2. The standard InChI is InChI=1S/C13H20N4O2/c1-2-17(9-10-4-3-7-19-10)13(18)11-8-15-6-5-12(11)16-14/h5-6,8,10H,2-4,7,9,14H2,1H3,(H,15,16). The number of nitrogens with two attached hydrogens (primary N) is 1. The average Bonchev–Trinajstić information content (AvgIpc) is 2.97. The van der Waals surface area contributed by atoms with Crippen LogP contribution < -0.4 is 11.3 Å². The Morgan fingerprint density at radius 3 is 3.16 bits per heavy atom. The Morgan fingerprint density at radius 2 is 2.53 bits per heavy atom. The second-order valence-electron chi connectivity index (χ2n) is 4.54. The predicted molar refractivity (Wildman–Crippen MR) is 72.6 cm³/mol. The van der Waals surface area contributed by atoms with Crippen molar-refractivity contribution in [2.45, 2.75) is 25.9 Å². The molecular weight excluding hydrogens is 244 g/mol. The van der Waals surface area contributed by atoms with Crippen LogP contribution in [0.3, 0.4) is 0 Å². The van der Waals surface area contributed by atoms with Crippen molar-refractivity contribution in [1.29, 1.82) is 0 Å². The summed E-state index contributed by atoms with van der Waals surface area (Å²) in [4.78, 5) is 18.2. The van der Waals surface area contributed by atoms with Crippen molar-refractivity contribution >= 4 is 11.6 Å². The maximum atomic E-state index is 12.5. The lowest BCUT2D eigenvalue weighted by atomic mass is 10.2. The van der Waals surface area contributed by atoms with Crippen LogP contribution in [0.25, 0.3) is 0 Å². The van der Waals surface area contributed by atoms with Gasteiger partial charge in [0.2, 0.25) is 0 Å². The summed E-state index contributed by atoms with van der Waals surface area (Å²) in [6.07, 6.45) is 5.37. The van der Waals surface area contributed by atoms with Crippen LogP contribution in [0, 0.1) is 0 Å². The lowest BCUT2D eigenvalue weighted by Gasteiger charge is -2.24. The summed E-state index contributed by atoms with van der Waals surface area (Å²) in [7, 11) is 0. The van der Waals surface area contributed by atoms with Gasteiger partial charge in [-0.3, -0.25) is 15.6 Å². The minimum atomic E-state index is -0.0703. The third-order valence-electron chi connectivity index (χ3n) is 3.32. The number of carbonyl (C=O) groups is 1. The van der Waals surface area contributed by atoms with E-state index < -0.39 is 0 Å². The molecule has 19 heavy (non-hydrogen) atoms. The maximum Gasteiger partial charge on any atom is 0.257 e. The highest BCUT2D eigenvalue weighted by molar-refractivity contribution is 5.99. The van der Waals surface area contributed by atoms with E-state index in [2.05, 4.69) is 10.4 Å². The maximum absolute atomic E-state index is 12.5. The molecule has 1 aliphatic heterocycles. The first-order valence-electron chi connectivity index (χ1n) is 6.57. The van der Waals surface area contributed by atoms with Gasteiger partial charge in [-0.2, -0.15) is 0 Å². The molecule has 1 aromatic heterocycles. The second-order valence-corrected chi connectivity index (χ2v) is 4.54. The highest BCUT2D eigenvalue weighted by Gasteiger charge is 2.23. The van der Waals surface area contributed by atoms with E-state index in [0.29, 0.717) is 24.3 Å². The van der Waals surface area contributed by atoms with E-state index in [-0.39, 0.29) is 12.0 Å². The Morgan fingerprint density at radius 1 is 1.68 bits per heavy atom. The molecular formula is C13H20N4O2. The minimum Gasteiger partial charge on any atom is -0.376 e. The van der Waals surface area contributed by atoms with Crippen LogP contribution >= 0.6 is 0 Å². The number of carbonyl (C=O) groups excluding carboxylic acids is 1. The van der Waals surface area contributed by atoms with Crippen LogP contribution in [0.4, 0.5) is 5.69 Å². The van der Waals surface area contributed by atoms with Gasteiger partial charge in [-0.1, -0.05) is 0 Å². The first kappa shape index (κ1) is 13.8. The fraction of sp³-hybridized carbons (Fsp3) is 0.538. The number of hydrogen-bond acceptors (Lipinski definition) is 5. The number of ether oxygens (including phenoxy) is 1. The highest BCUT2D eigenvalue weighted by atomic mass is 16.5. The van der Waals surface area contributed by atoms with Gasteiger partial charge in [0.15, 0.2) is 0 Å². The number of aromatic nitrogens is 1. The van der Waals surface area contributed by atoms with Gasteiger partial charge < -0.3 is 15.1 Å². The number of hydrogen-bond donors (Lipinski definition) is 2. The summed E-state index contributed by atoms with van der Waals surface area (Å²) in [5.41, 5.74) is 3.61. The topological polar surface area (TPSA) is 80.5 Å². The summed E-state index contributed by atoms with van der Waals surface area (Å²) < 4.78 is 5.58. The average molecular weight is 264 g/mol. The van der Waals surface area contributed by atoms with Gasteiger partial charge in [0.25, 0.3) is 5.91 Å². The molecule has 0 bridgehead atoms. The van der Waals surface area contributed by atoms with Crippen molar-refractivity contribution in [2.75, 3.05) is 25.1 Å². The van der Waals surface area contributed by atoms with Gasteiger partial charge in [-0.25, -0.2) is 0 Å². The molecule has 1 aliphatic rings. The summed E-state index contributed by atoms with van der Waals surface area (Å²) in [6, 6.07) is 1.69. The molecule has 1 saturated heterocycles. The summed E-state index contributed by atoms with van der Waals surface area (Å²) in [5, 5.41) is 0. The van der Waals surface area contributed by atoms with Crippen molar-refractivity contribution < 1.29 is 9.53 Å². The molecule has 3 N–H and O–H groups in total. The van der Waals surface area contributed by atoms with Crippen LogP contribution in [-0.4, -0.2) is 41.6 Å². The zero-order chi connectivity index (χ0) is 13.7. The number of likely N-dealkylation sites (N-methyl/N-ethyl adjacent to an activating group) is 1. The molecule has 1 atom stereocenters. The molecule has 2 heterocycles. The van der Waals surface area contributed by atoms with E-state index in [4.69, 9.17) is 10.6 Å². The third-order valence-corrected chi connectivity index (χ3v) is 3.32. The number of amides is 1. The highest BCUT2D eigenvalue weighted by Crippen LogP contribution is 2.18. The van der Waals surface area contributed by atoms with E-state index >= 15 is 0 Å². The summed E-state index contributed by atoms with van der Waals surface area (Å²) in [5.74, 6) is 5.35. The van der Waals surface area contributed by atoms with Crippen molar-refractivity contribution in [3.05, 3.63) is 24.0 Å². The summed E-state index contributed by atoms with van der Waals surface area (Å²) in [6.45, 7) is 4.00. The molecule has 1 fully saturated rings. The van der Waals surface area contributed by atoms with Crippen LogP contribution in [0.15, 0.2) is 18.5 Å². The molecule has 0 radical (unpaired) electrons. The monoisotopic (exact) mass is 264 g/mol. The Labute approximate surface area is 112 Å². The van der Waals surface area contributed by atoms with E-state index in [1.54, 1.807) is 17.2 Å². The second kappa shape index (κ2) is 6.49. The van der Waals surface area contributed by atoms with Gasteiger partial charge in [0.05, 0.1) is 17.4 Å². The number of nitrogens with one attached hydrogen (secondary N) is 1. The molecule has 1 aromatic rings. The van der Waals surface area contributed by atoms with Crippen LogP contribution in [0.5, 0.6) is 0 Å². The van der Waals surface area contributed by atoms with Crippen molar-refractivity contribution in [3.63, 3.8) is 0 Å². The zero-order valence-electron chi connectivity index (χ0n) is 11.1. The number of pyridine rings is 1. The minimum absolute atomic E-state index is 0.0703. The number of nitrogen functional groups attached to an aromatic ring is 1. The molecule has 6 nitrogen and oxygen atoms in total. The summed E-state index contributed by atoms with van der Waals surface area (Å²) >= 11 is 0. The Bertz CT molecular complexity index is 432. The number of anilines is 1. The molecule has 1 amide bonds. The fourth-order valence-corrected chi connectivity index (χ4v) is 2.25. The molecule has 104 valence electrons. The lowest BCUT2D eigenvalue weighted by molar-refractivity contribution is 0.0539. The predicted octanol–water partition coefficient (Wildman–Crippen LogP) is 1.01. The van der Waals surface area contributed by atoms with Gasteiger partial charge in [0.1, 0.15) is 0 Å². The lowest BCUT2D eigenvalue weighted by Crippen LogP contribution is -2.37. The Kier molecular flexibility index (Phi) is 4.70. The smallest absolute Gasteiger partial charge is 0.257 e. The molecule has 2 rings (SSSR count). The van der Waals surface area contributed by atoms with Crippen LogP contribution in [0.1, 0.15) is 30.1 Å². The molecule has 0 aliphatic carbocycles. The molecule has 0 spiro atoms. The van der Waals surface area contributed by atoms with Gasteiger partial charge in [0, 0.05) is 32.1 Å². The van der Waals surface area contributed by atoms with Crippen LogP contribution in [-0.2, 0) is 4.74 Å². The SMILES string of the molecule is CCN(CC1CCCO1)C(=O)c1cnccc1NN. The van der Waals surface area contributed by atoms with Crippen molar-refractivity contribution in [2.24, 2.45) is 5.84 Å². The van der Waals surface area contributed by atoms with Crippen molar-refractivity contribution in [3.8, 4) is 0 Å². The van der Waals surface area contributed by atoms with E-state index in [9.17, 15) is 4.79 Å². The van der Waals surface area contributed by atoms with E-state index in [0.717, 1.165) is 19.4 Å². The number of rotatable bonds is 5. The van der Waals surface area contributed by atoms with E-state index in [1.807, 2.05) is 6.92 Å². The Balaban J connectivity index is 2.10. The normalized spacial score (nSPS) is 18.3. The van der Waals surface area contributed by atoms with E-state index in [1.165, 1.54) is 6.20 Å². The molecule has 0 saturated carbocycles. The van der Waals surface area contributed by atoms with Crippen LogP contribution in [0.2, 0.25) is 0 Å². The molecule has 1 unspecified atom stereocenters. The molecule has 6 heteroatoms. The van der Waals surface area contributed by atoms with Gasteiger partial charge >= 0.3 is 0 Å². The molecule has 0 aromatic carbocycles. The first-order valence-corrected chi connectivity index (χ1v) is 6.57. The quantitative estimate of drug-likeness (QED) is 0.613. The number of hydrazine groups is 1. The fourth-order valence-electron chi connectivity index (χ4n) is 2.25. The first-order chi connectivity index (χ1) is 9.26.